The van der Waals surface area contributed by atoms with E-state index in [4.69, 9.17) is 9.47 Å². The van der Waals surface area contributed by atoms with Gasteiger partial charge >= 0.3 is 5.97 Å². The Morgan fingerprint density at radius 2 is 1.97 bits per heavy atom. The maximum absolute atomic E-state index is 14.7. The Hall–Kier alpha value is -2.97. The number of carbonyl (C=O) groups excluding carboxylic acids is 3. The highest BCUT2D eigenvalue weighted by atomic mass is 16.6. The van der Waals surface area contributed by atoms with Gasteiger partial charge in [-0.15, -0.1) is 6.58 Å². The first-order valence-corrected chi connectivity index (χ1v) is 13.9. The predicted molar refractivity (Wildman–Crippen MR) is 149 cm³/mol. The molecule has 1 aromatic rings. The van der Waals surface area contributed by atoms with Crippen molar-refractivity contribution in [3.8, 4) is 0 Å². The maximum Gasteiger partial charge on any atom is 0.313 e. The van der Waals surface area contributed by atoms with Crippen molar-refractivity contribution in [2.45, 2.75) is 77.2 Å². The summed E-state index contributed by atoms with van der Waals surface area (Å²) < 4.78 is 12.1. The van der Waals surface area contributed by atoms with Crippen molar-refractivity contribution < 1.29 is 29.0 Å². The minimum atomic E-state index is -1.21. The first kappa shape index (κ1) is 29.0. The lowest BCUT2D eigenvalue weighted by molar-refractivity contribution is -0.159. The summed E-state index contributed by atoms with van der Waals surface area (Å²) in [6.07, 6.45) is 4.62. The molecule has 8 nitrogen and oxygen atoms in total. The number of amides is 2. The van der Waals surface area contributed by atoms with Crippen LogP contribution in [0, 0.1) is 31.6 Å². The minimum absolute atomic E-state index is 0.0256. The zero-order valence-corrected chi connectivity index (χ0v) is 23.8. The average Bonchev–Trinajstić information content (AvgIpc) is 3.46. The number of ether oxygens (including phenoxy) is 2. The molecule has 1 N–H and O–H groups in total. The van der Waals surface area contributed by atoms with Crippen LogP contribution in [-0.2, 0) is 23.9 Å². The number of aliphatic hydroxyl groups excluding tert-OH is 1. The van der Waals surface area contributed by atoms with E-state index >= 15 is 0 Å². The first-order valence-electron chi connectivity index (χ1n) is 13.9. The quantitative estimate of drug-likeness (QED) is 0.341. The molecule has 2 amide bonds. The third kappa shape index (κ3) is 4.72. The summed E-state index contributed by atoms with van der Waals surface area (Å²) in [5, 5.41) is 10.5. The fraction of sp³-hybridized carbons (Fsp3) is 0.581. The Labute approximate surface area is 231 Å². The number of aryl methyl sites for hydroxylation is 2. The lowest BCUT2D eigenvalue weighted by Crippen LogP contribution is -2.59. The number of nitrogens with zero attached hydrogens (tertiary/aromatic N) is 2. The van der Waals surface area contributed by atoms with Crippen molar-refractivity contribution >= 4 is 23.5 Å². The van der Waals surface area contributed by atoms with Crippen LogP contribution < -0.4 is 4.90 Å². The Morgan fingerprint density at radius 3 is 2.59 bits per heavy atom. The number of anilines is 1. The number of carbonyl (C=O) groups is 3. The molecule has 4 rings (SSSR count). The second-order valence-corrected chi connectivity index (χ2v) is 11.9. The second kappa shape index (κ2) is 10.9. The normalized spacial score (nSPS) is 29.9. The molecule has 0 aliphatic carbocycles. The van der Waals surface area contributed by atoms with E-state index in [9.17, 15) is 19.5 Å². The van der Waals surface area contributed by atoms with E-state index in [0.29, 0.717) is 19.3 Å². The molecule has 3 heterocycles. The van der Waals surface area contributed by atoms with E-state index in [1.807, 2.05) is 52.8 Å². The Kier molecular flexibility index (Phi) is 8.11. The molecule has 8 heteroatoms. The molecular weight excluding hydrogens is 496 g/mol. The first-order chi connectivity index (χ1) is 18.5. The summed E-state index contributed by atoms with van der Waals surface area (Å²) in [6.45, 7) is 17.2. The van der Waals surface area contributed by atoms with Gasteiger partial charge in [-0.2, -0.15) is 0 Å². The number of likely N-dealkylation sites (tertiary alicyclic amines) is 1. The van der Waals surface area contributed by atoms with Gasteiger partial charge in [0.2, 0.25) is 5.91 Å². The third-order valence-corrected chi connectivity index (χ3v) is 8.63. The van der Waals surface area contributed by atoms with Crippen LogP contribution >= 0.6 is 0 Å². The van der Waals surface area contributed by atoms with Gasteiger partial charge in [-0.25, -0.2) is 0 Å². The number of hydrogen-bond donors (Lipinski definition) is 1. The fourth-order valence-corrected chi connectivity index (χ4v) is 7.04. The number of benzene rings is 1. The third-order valence-electron chi connectivity index (χ3n) is 8.63. The van der Waals surface area contributed by atoms with Crippen molar-refractivity contribution in [1.82, 2.24) is 4.90 Å². The van der Waals surface area contributed by atoms with Crippen LogP contribution in [0.5, 0.6) is 0 Å². The molecule has 2 unspecified atom stereocenters. The van der Waals surface area contributed by atoms with Crippen LogP contribution in [0.3, 0.4) is 0 Å². The summed E-state index contributed by atoms with van der Waals surface area (Å²) >= 11 is 0. The van der Waals surface area contributed by atoms with E-state index < -0.39 is 41.1 Å². The number of esters is 1. The standard InChI is InChI=1S/C31H42N2O6/c1-8-14-32(23-17-20(5)10-11-21(23)6)28(36)26-31-13-12-30(7,39-31)25(29(37)38-15-9-2)24(31)27(35)33(26)22(18-34)16-19(3)4/h8-11,17,19,22,24-26,34H,1-2,12-16,18H2,3-7H3/t22-,24+,25+,26?,30-,31?/m1/s1. The van der Waals surface area contributed by atoms with Gasteiger partial charge in [-0.05, 0) is 63.1 Å². The van der Waals surface area contributed by atoms with E-state index in [1.54, 1.807) is 11.0 Å². The summed E-state index contributed by atoms with van der Waals surface area (Å²) in [4.78, 5) is 45.6. The summed E-state index contributed by atoms with van der Waals surface area (Å²) in [7, 11) is 0. The Morgan fingerprint density at radius 1 is 1.26 bits per heavy atom. The Bertz CT molecular complexity index is 1160. The minimum Gasteiger partial charge on any atom is -0.461 e. The average molecular weight is 539 g/mol. The lowest BCUT2D eigenvalue weighted by atomic mass is 9.66. The molecule has 1 spiro atoms. The molecular formula is C31H42N2O6. The molecule has 2 bridgehead atoms. The number of rotatable bonds is 11. The van der Waals surface area contributed by atoms with Gasteiger partial charge in [0.1, 0.15) is 24.2 Å². The van der Waals surface area contributed by atoms with E-state index in [0.717, 1.165) is 16.8 Å². The molecule has 3 fully saturated rings. The van der Waals surface area contributed by atoms with E-state index in [1.165, 1.54) is 11.0 Å². The molecule has 212 valence electrons. The summed E-state index contributed by atoms with van der Waals surface area (Å²) in [5.74, 6) is -2.73. The van der Waals surface area contributed by atoms with Crippen LogP contribution in [0.25, 0.3) is 0 Å². The van der Waals surface area contributed by atoms with Gasteiger partial charge in [-0.1, -0.05) is 44.7 Å². The van der Waals surface area contributed by atoms with E-state index in [2.05, 4.69) is 13.2 Å². The molecule has 3 aliphatic rings. The van der Waals surface area contributed by atoms with Gasteiger partial charge < -0.3 is 24.4 Å². The van der Waals surface area contributed by atoms with Crippen LogP contribution in [0.15, 0.2) is 43.5 Å². The predicted octanol–water partition coefficient (Wildman–Crippen LogP) is 3.72. The molecule has 0 aromatic heterocycles. The fourth-order valence-electron chi connectivity index (χ4n) is 7.04. The molecule has 0 saturated carbocycles. The van der Waals surface area contributed by atoms with E-state index in [-0.39, 0.29) is 37.5 Å². The number of aliphatic hydroxyl groups is 1. The Balaban J connectivity index is 1.87. The van der Waals surface area contributed by atoms with Crippen LogP contribution in [0.4, 0.5) is 5.69 Å². The highest BCUT2D eigenvalue weighted by molar-refractivity contribution is 6.05. The molecule has 1 aromatic carbocycles. The van der Waals surface area contributed by atoms with Crippen molar-refractivity contribution in [3.05, 3.63) is 54.6 Å². The second-order valence-electron chi connectivity index (χ2n) is 11.9. The lowest BCUT2D eigenvalue weighted by Gasteiger charge is -2.40. The smallest absolute Gasteiger partial charge is 0.313 e. The van der Waals surface area contributed by atoms with Gasteiger partial charge in [0, 0.05) is 12.2 Å². The van der Waals surface area contributed by atoms with Crippen LogP contribution in [0.2, 0.25) is 0 Å². The monoisotopic (exact) mass is 538 g/mol. The maximum atomic E-state index is 14.7. The molecule has 0 radical (unpaired) electrons. The molecule has 3 saturated heterocycles. The summed E-state index contributed by atoms with van der Waals surface area (Å²) in [5.41, 5.74) is 0.505. The van der Waals surface area contributed by atoms with Crippen molar-refractivity contribution in [2.75, 3.05) is 24.7 Å². The van der Waals surface area contributed by atoms with Gasteiger partial charge in [0.15, 0.2) is 0 Å². The SMILES string of the molecule is C=CCOC(=O)[C@@H]1[C@H]2C(=O)N([C@@H](CO)CC(C)C)C(C(=O)N(CC=C)c3cc(C)ccc3C)C23CC[C@@]1(C)O3. The zero-order valence-electron chi connectivity index (χ0n) is 23.8. The highest BCUT2D eigenvalue weighted by Gasteiger charge is 2.79. The van der Waals surface area contributed by atoms with Crippen LogP contribution in [-0.4, -0.2) is 70.8 Å². The molecule has 6 atom stereocenters. The highest BCUT2D eigenvalue weighted by Crippen LogP contribution is 2.64. The van der Waals surface area contributed by atoms with Crippen LogP contribution in [0.1, 0.15) is 51.2 Å². The number of hydrogen-bond acceptors (Lipinski definition) is 6. The van der Waals surface area contributed by atoms with Crippen molar-refractivity contribution in [1.29, 1.82) is 0 Å². The molecule has 39 heavy (non-hydrogen) atoms. The van der Waals surface area contributed by atoms with Gasteiger partial charge in [0.05, 0.1) is 24.2 Å². The van der Waals surface area contributed by atoms with Crippen molar-refractivity contribution in [3.63, 3.8) is 0 Å². The number of fused-ring (bicyclic) bond motifs is 1. The summed E-state index contributed by atoms with van der Waals surface area (Å²) in [6, 6.07) is 4.29. The van der Waals surface area contributed by atoms with Gasteiger partial charge in [0.25, 0.3) is 5.91 Å². The van der Waals surface area contributed by atoms with Gasteiger partial charge in [-0.3, -0.25) is 14.4 Å². The largest absolute Gasteiger partial charge is 0.461 e. The molecule has 3 aliphatic heterocycles. The topological polar surface area (TPSA) is 96.4 Å². The zero-order chi connectivity index (χ0) is 28.7. The van der Waals surface area contributed by atoms with Crippen molar-refractivity contribution in [2.24, 2.45) is 17.8 Å².